The second-order valence-electron chi connectivity index (χ2n) is 14.2. The molecule has 0 aliphatic carbocycles. The first kappa shape index (κ1) is 33.8. The third-order valence-electron chi connectivity index (χ3n) is 11.1. The molecule has 1 spiro atoms. The van der Waals surface area contributed by atoms with Crippen LogP contribution in [0.5, 0.6) is 0 Å². The van der Waals surface area contributed by atoms with E-state index in [1.807, 2.05) is 11.4 Å². The van der Waals surface area contributed by atoms with Gasteiger partial charge in [0.2, 0.25) is 11.8 Å². The summed E-state index contributed by atoms with van der Waals surface area (Å²) in [6.07, 6.45) is 8.38. The molecule has 3 N–H and O–H groups in total. The van der Waals surface area contributed by atoms with Crippen molar-refractivity contribution in [3.8, 4) is 10.7 Å². The summed E-state index contributed by atoms with van der Waals surface area (Å²) in [5, 5.41) is 4.86. The van der Waals surface area contributed by atoms with E-state index >= 15 is 0 Å². The van der Waals surface area contributed by atoms with Gasteiger partial charge < -0.3 is 10.6 Å². The Morgan fingerprint density at radius 1 is 0.904 bits per heavy atom. The van der Waals surface area contributed by atoms with Crippen LogP contribution < -0.4 is 16.0 Å². The minimum Gasteiger partial charge on any atom is -0.371 e. The van der Waals surface area contributed by atoms with Gasteiger partial charge in [0.1, 0.15) is 22.4 Å². The standard InChI is InChI=1S/C38H38N8O5S/c39-33(48)32-28(42-29(21-41-32)35-40-13-18-52-35)20-23-1-4-25(5-2-23)45-16-11-38(12-17-45)9-14-44(15-10-38)22-24-3-6-26-27(19-24)37(51)46(36(26)50)30-7-8-31(47)43-34(30)49/h1-6,13,18-19,21,30H,7-12,14-17,20,22H2,(H2,39,48)(H,43,47,49). The van der Waals surface area contributed by atoms with Gasteiger partial charge >= 0.3 is 0 Å². The van der Waals surface area contributed by atoms with Gasteiger partial charge in [-0.3, -0.25) is 39.1 Å². The number of likely N-dealkylation sites (tertiary alicyclic amines) is 1. The topological polar surface area (TPSA) is 172 Å². The monoisotopic (exact) mass is 718 g/mol. The summed E-state index contributed by atoms with van der Waals surface area (Å²) >= 11 is 1.46. The third-order valence-corrected chi connectivity index (χ3v) is 11.8. The third kappa shape index (κ3) is 6.48. The Morgan fingerprint density at radius 3 is 2.31 bits per heavy atom. The fourth-order valence-corrected chi connectivity index (χ4v) is 8.62. The van der Waals surface area contributed by atoms with Crippen molar-refractivity contribution < 1.29 is 24.0 Å². The first-order valence-corrected chi connectivity index (χ1v) is 18.5. The van der Waals surface area contributed by atoms with Gasteiger partial charge in [-0.2, -0.15) is 0 Å². The summed E-state index contributed by atoms with van der Waals surface area (Å²) < 4.78 is 0. The SMILES string of the molecule is NC(=O)c1ncc(-c2nccs2)nc1Cc1ccc(N2CCC3(CCN(Cc4ccc5c(c4)C(=O)N(C4CCC(=O)NC4=O)C5=O)CC3)CC2)cc1. The van der Waals surface area contributed by atoms with Crippen molar-refractivity contribution in [3.63, 3.8) is 0 Å². The van der Waals surface area contributed by atoms with E-state index in [1.54, 1.807) is 24.5 Å². The fourth-order valence-electron chi connectivity index (χ4n) is 8.03. The van der Waals surface area contributed by atoms with Crippen LogP contribution in [0.4, 0.5) is 5.69 Å². The smallest absolute Gasteiger partial charge is 0.269 e. The zero-order valence-electron chi connectivity index (χ0n) is 28.5. The number of carbonyl (C=O) groups is 5. The highest BCUT2D eigenvalue weighted by Gasteiger charge is 2.45. The quantitative estimate of drug-likeness (QED) is 0.257. The highest BCUT2D eigenvalue weighted by molar-refractivity contribution is 7.13. The van der Waals surface area contributed by atoms with Crippen LogP contribution in [0.15, 0.2) is 60.2 Å². The molecule has 5 amide bonds. The molecule has 4 aliphatic heterocycles. The molecule has 0 bridgehead atoms. The molecule has 1 atom stereocenters. The Hall–Kier alpha value is -5.34. The van der Waals surface area contributed by atoms with Crippen LogP contribution in [0.2, 0.25) is 0 Å². The number of nitrogens with two attached hydrogens (primary N) is 1. The summed E-state index contributed by atoms with van der Waals surface area (Å²) in [5.41, 5.74) is 11.0. The van der Waals surface area contributed by atoms with E-state index in [9.17, 15) is 24.0 Å². The average molecular weight is 719 g/mol. The summed E-state index contributed by atoms with van der Waals surface area (Å²) in [6.45, 7) is 4.57. The van der Waals surface area contributed by atoms with Crippen molar-refractivity contribution in [3.05, 3.63) is 93.9 Å². The zero-order valence-corrected chi connectivity index (χ0v) is 29.4. The van der Waals surface area contributed by atoms with E-state index in [1.165, 1.54) is 17.0 Å². The summed E-state index contributed by atoms with van der Waals surface area (Å²) in [7, 11) is 0. The van der Waals surface area contributed by atoms with Crippen molar-refractivity contribution in [1.82, 2.24) is 30.1 Å². The molecule has 6 heterocycles. The first-order chi connectivity index (χ1) is 25.2. The number of piperidine rings is 3. The minimum absolute atomic E-state index is 0.0970. The molecular formula is C38H38N8O5S. The van der Waals surface area contributed by atoms with Crippen LogP contribution in [-0.4, -0.2) is 86.5 Å². The van der Waals surface area contributed by atoms with Crippen LogP contribution in [0.1, 0.15) is 86.6 Å². The molecule has 0 radical (unpaired) electrons. The summed E-state index contributed by atoms with van der Waals surface area (Å²) in [4.78, 5) is 81.6. The molecule has 8 rings (SSSR count). The highest BCUT2D eigenvalue weighted by Crippen LogP contribution is 2.42. The Bertz CT molecular complexity index is 2070. The highest BCUT2D eigenvalue weighted by atomic mass is 32.1. The lowest BCUT2D eigenvalue weighted by atomic mass is 9.71. The van der Waals surface area contributed by atoms with E-state index in [2.05, 4.69) is 54.3 Å². The second-order valence-corrected chi connectivity index (χ2v) is 15.1. The Balaban J connectivity index is 0.847. The normalized spacial score (nSPS) is 20.3. The molecular weight excluding hydrogens is 681 g/mol. The predicted octanol–water partition coefficient (Wildman–Crippen LogP) is 3.57. The molecule has 2 aromatic carbocycles. The lowest BCUT2D eigenvalue weighted by Gasteiger charge is -2.47. The van der Waals surface area contributed by atoms with E-state index < -0.39 is 29.7 Å². The summed E-state index contributed by atoms with van der Waals surface area (Å²) in [5.74, 6) is -2.55. The number of hydrogen-bond donors (Lipinski definition) is 2. The van der Waals surface area contributed by atoms with E-state index in [-0.39, 0.29) is 24.4 Å². The van der Waals surface area contributed by atoms with Gasteiger partial charge in [-0.25, -0.2) is 15.0 Å². The molecule has 1 unspecified atom stereocenters. The van der Waals surface area contributed by atoms with Gasteiger partial charge in [0.05, 0.1) is 23.0 Å². The maximum absolute atomic E-state index is 13.3. The number of anilines is 1. The van der Waals surface area contributed by atoms with Crippen molar-refractivity contribution in [1.29, 1.82) is 0 Å². The molecule has 3 fully saturated rings. The van der Waals surface area contributed by atoms with Gasteiger partial charge in [-0.15, -0.1) is 11.3 Å². The number of thiazole rings is 1. The second kappa shape index (κ2) is 13.7. The number of benzene rings is 2. The van der Waals surface area contributed by atoms with Crippen molar-refractivity contribution in [2.24, 2.45) is 11.1 Å². The molecule has 13 nitrogen and oxygen atoms in total. The van der Waals surface area contributed by atoms with E-state index in [0.717, 1.165) is 72.9 Å². The number of nitrogens with one attached hydrogen (secondary N) is 1. The van der Waals surface area contributed by atoms with Crippen LogP contribution in [-0.2, 0) is 22.6 Å². The number of imide groups is 2. The zero-order chi connectivity index (χ0) is 36.0. The number of amides is 5. The van der Waals surface area contributed by atoms with Crippen LogP contribution >= 0.6 is 11.3 Å². The number of hydrogen-bond acceptors (Lipinski definition) is 11. The molecule has 3 saturated heterocycles. The van der Waals surface area contributed by atoms with Gasteiger partial charge in [0.25, 0.3) is 17.7 Å². The van der Waals surface area contributed by atoms with Gasteiger partial charge in [-0.1, -0.05) is 18.2 Å². The number of primary amides is 1. The largest absolute Gasteiger partial charge is 0.371 e. The van der Waals surface area contributed by atoms with Crippen molar-refractivity contribution in [2.75, 3.05) is 31.1 Å². The van der Waals surface area contributed by atoms with Crippen LogP contribution in [0.3, 0.4) is 0 Å². The number of nitrogens with zero attached hydrogens (tertiary/aromatic N) is 6. The predicted molar refractivity (Wildman–Crippen MR) is 192 cm³/mol. The number of carbonyl (C=O) groups excluding carboxylic acids is 5. The Morgan fingerprint density at radius 2 is 1.62 bits per heavy atom. The fraction of sp³-hybridized carbons (Fsp3) is 0.368. The Kier molecular flexibility index (Phi) is 8.87. The number of fused-ring (bicyclic) bond motifs is 1. The lowest BCUT2D eigenvalue weighted by molar-refractivity contribution is -0.136. The van der Waals surface area contributed by atoms with Crippen molar-refractivity contribution >= 4 is 46.6 Å². The first-order valence-electron chi connectivity index (χ1n) is 17.6. The molecule has 4 aromatic rings. The number of aromatic nitrogens is 3. The van der Waals surface area contributed by atoms with Gasteiger partial charge in [-0.05, 0) is 86.0 Å². The molecule has 266 valence electrons. The van der Waals surface area contributed by atoms with Crippen LogP contribution in [0.25, 0.3) is 10.7 Å². The van der Waals surface area contributed by atoms with Gasteiger partial charge in [0, 0.05) is 49.7 Å². The molecule has 2 aromatic heterocycles. The average Bonchev–Trinajstić information content (AvgIpc) is 3.77. The summed E-state index contributed by atoms with van der Waals surface area (Å²) in [6, 6.07) is 12.8. The molecule has 4 aliphatic rings. The van der Waals surface area contributed by atoms with E-state index in [4.69, 9.17) is 5.73 Å². The van der Waals surface area contributed by atoms with Gasteiger partial charge in [0.15, 0.2) is 0 Å². The van der Waals surface area contributed by atoms with Crippen molar-refractivity contribution in [2.45, 2.75) is 57.5 Å². The minimum atomic E-state index is -0.964. The molecule has 14 heteroatoms. The van der Waals surface area contributed by atoms with E-state index in [0.29, 0.717) is 40.9 Å². The Labute approximate surface area is 304 Å². The number of rotatable bonds is 8. The lowest BCUT2D eigenvalue weighted by Crippen LogP contribution is -2.54. The molecule has 0 saturated carbocycles. The van der Waals surface area contributed by atoms with Crippen LogP contribution in [0, 0.1) is 5.41 Å². The maximum Gasteiger partial charge on any atom is 0.269 e. The maximum atomic E-state index is 13.3. The molecule has 52 heavy (non-hydrogen) atoms.